The molecule has 84 valence electrons. The first-order valence-corrected chi connectivity index (χ1v) is 6.29. The van der Waals surface area contributed by atoms with Gasteiger partial charge in [0.05, 0.1) is 0 Å². The van der Waals surface area contributed by atoms with Gasteiger partial charge in [0.25, 0.3) is 10.1 Å². The van der Waals surface area contributed by atoms with Gasteiger partial charge < -0.3 is 4.74 Å². The molecular weight excluding hydrogens is 216 g/mol. The lowest BCUT2D eigenvalue weighted by Gasteiger charge is -2.08. The van der Waals surface area contributed by atoms with Crippen molar-refractivity contribution in [2.24, 2.45) is 0 Å². The number of benzene rings is 1. The Morgan fingerprint density at radius 2 is 2.00 bits per heavy atom. The number of rotatable bonds is 5. The second-order valence-electron chi connectivity index (χ2n) is 3.10. The van der Waals surface area contributed by atoms with Gasteiger partial charge in [-0.1, -0.05) is 25.1 Å². The van der Waals surface area contributed by atoms with Crippen molar-refractivity contribution in [1.82, 2.24) is 0 Å². The molecule has 0 heterocycles. The fraction of sp³-hybridized carbons (Fsp3) is 0.400. The van der Waals surface area contributed by atoms with Crippen LogP contribution >= 0.6 is 0 Å². The Bertz CT molecular complexity index is 411. The summed E-state index contributed by atoms with van der Waals surface area (Å²) in [5, 5.41) is 0. The fourth-order valence-corrected chi connectivity index (χ4v) is 1.49. The van der Waals surface area contributed by atoms with Crippen molar-refractivity contribution in [1.29, 1.82) is 0 Å². The molecule has 1 rings (SSSR count). The zero-order chi connectivity index (χ0) is 11.3. The van der Waals surface area contributed by atoms with Crippen LogP contribution in [0, 0.1) is 0 Å². The lowest BCUT2D eigenvalue weighted by Crippen LogP contribution is -2.13. The maximum absolute atomic E-state index is 10.5. The molecule has 0 aliphatic heterocycles. The third-order valence-electron chi connectivity index (χ3n) is 1.95. The molecule has 0 amide bonds. The van der Waals surface area contributed by atoms with Crippen LogP contribution < -0.4 is 4.74 Å². The summed E-state index contributed by atoms with van der Waals surface area (Å²) in [5.74, 6) is 0.286. The molecule has 1 aromatic carbocycles. The van der Waals surface area contributed by atoms with Crippen molar-refractivity contribution in [3.05, 3.63) is 29.8 Å². The summed E-state index contributed by atoms with van der Waals surface area (Å²) in [4.78, 5) is 0. The maximum atomic E-state index is 10.5. The summed E-state index contributed by atoms with van der Waals surface area (Å²) >= 11 is 0. The van der Waals surface area contributed by atoms with Gasteiger partial charge in [-0.2, -0.15) is 8.42 Å². The second kappa shape index (κ2) is 5.14. The topological polar surface area (TPSA) is 63.6 Å². The molecule has 0 fully saturated rings. The van der Waals surface area contributed by atoms with Crippen molar-refractivity contribution in [2.75, 3.05) is 12.4 Å². The molecule has 0 spiro atoms. The quantitative estimate of drug-likeness (QED) is 0.779. The molecule has 0 aromatic heterocycles. The Labute approximate surface area is 89.6 Å². The lowest BCUT2D eigenvalue weighted by molar-refractivity contribution is 0.332. The molecule has 0 aliphatic carbocycles. The van der Waals surface area contributed by atoms with E-state index >= 15 is 0 Å². The molecular formula is C10H14O4S. The largest absolute Gasteiger partial charge is 0.492 e. The van der Waals surface area contributed by atoms with Crippen molar-refractivity contribution < 1.29 is 17.7 Å². The molecule has 1 aromatic rings. The molecule has 0 bridgehead atoms. The predicted molar refractivity (Wildman–Crippen MR) is 57.7 cm³/mol. The monoisotopic (exact) mass is 230 g/mol. The van der Waals surface area contributed by atoms with Crippen molar-refractivity contribution in [3.8, 4) is 5.75 Å². The van der Waals surface area contributed by atoms with Crippen molar-refractivity contribution in [3.63, 3.8) is 0 Å². The van der Waals surface area contributed by atoms with Crippen LogP contribution in [-0.2, 0) is 16.5 Å². The van der Waals surface area contributed by atoms with E-state index in [2.05, 4.69) is 0 Å². The minimum atomic E-state index is -3.94. The number of para-hydroxylation sites is 1. The third-order valence-corrected chi connectivity index (χ3v) is 2.63. The highest BCUT2D eigenvalue weighted by Gasteiger charge is 2.06. The van der Waals surface area contributed by atoms with Gasteiger partial charge in [-0.15, -0.1) is 0 Å². The summed E-state index contributed by atoms with van der Waals surface area (Å²) in [6.45, 7) is 1.96. The summed E-state index contributed by atoms with van der Waals surface area (Å²) in [6, 6.07) is 7.42. The zero-order valence-electron chi connectivity index (χ0n) is 8.51. The van der Waals surface area contributed by atoms with Crippen LogP contribution in [0.5, 0.6) is 5.75 Å². The molecule has 4 nitrogen and oxygen atoms in total. The molecule has 1 N–H and O–H groups in total. The van der Waals surface area contributed by atoms with Crippen LogP contribution in [0.1, 0.15) is 12.5 Å². The smallest absolute Gasteiger partial charge is 0.268 e. The highest BCUT2D eigenvalue weighted by atomic mass is 32.2. The van der Waals surface area contributed by atoms with E-state index in [-0.39, 0.29) is 12.4 Å². The van der Waals surface area contributed by atoms with Crippen molar-refractivity contribution in [2.45, 2.75) is 13.3 Å². The Kier molecular flexibility index (Phi) is 4.11. The second-order valence-corrected chi connectivity index (χ2v) is 4.67. The minimum Gasteiger partial charge on any atom is -0.492 e. The Morgan fingerprint density at radius 3 is 2.60 bits per heavy atom. The van der Waals surface area contributed by atoms with E-state index in [4.69, 9.17) is 9.29 Å². The summed E-state index contributed by atoms with van der Waals surface area (Å²) < 4.78 is 34.7. The van der Waals surface area contributed by atoms with Gasteiger partial charge in [0.15, 0.2) is 0 Å². The van der Waals surface area contributed by atoms with E-state index in [1.165, 1.54) is 0 Å². The van der Waals surface area contributed by atoms with Crippen LogP contribution in [-0.4, -0.2) is 25.3 Å². The van der Waals surface area contributed by atoms with E-state index < -0.39 is 10.1 Å². The SMILES string of the molecule is CCc1ccccc1OCCS(=O)(=O)O. The van der Waals surface area contributed by atoms with E-state index in [1.807, 2.05) is 25.1 Å². The van der Waals surface area contributed by atoms with Crippen LogP contribution in [0.15, 0.2) is 24.3 Å². The minimum absolute atomic E-state index is 0.0319. The van der Waals surface area contributed by atoms with Gasteiger partial charge in [0, 0.05) is 0 Å². The molecule has 0 unspecified atom stereocenters. The van der Waals surface area contributed by atoms with Crippen molar-refractivity contribution >= 4 is 10.1 Å². The summed E-state index contributed by atoms with van der Waals surface area (Å²) in [6.07, 6.45) is 0.821. The number of aryl methyl sites for hydroxylation is 1. The number of hydrogen-bond acceptors (Lipinski definition) is 3. The van der Waals surface area contributed by atoms with Gasteiger partial charge >= 0.3 is 0 Å². The highest BCUT2D eigenvalue weighted by Crippen LogP contribution is 2.17. The van der Waals surface area contributed by atoms with Crippen LogP contribution in [0.4, 0.5) is 0 Å². The van der Waals surface area contributed by atoms with Gasteiger partial charge in [-0.25, -0.2) is 0 Å². The zero-order valence-corrected chi connectivity index (χ0v) is 9.33. The van der Waals surface area contributed by atoms with Gasteiger partial charge in [-0.05, 0) is 18.1 Å². The van der Waals surface area contributed by atoms with Gasteiger partial charge in [0.2, 0.25) is 0 Å². The van der Waals surface area contributed by atoms with E-state index in [0.29, 0.717) is 5.75 Å². The van der Waals surface area contributed by atoms with Gasteiger partial charge in [-0.3, -0.25) is 4.55 Å². The number of ether oxygens (including phenoxy) is 1. The first kappa shape index (κ1) is 12.0. The fourth-order valence-electron chi connectivity index (χ4n) is 1.19. The molecule has 15 heavy (non-hydrogen) atoms. The molecule has 5 heteroatoms. The summed E-state index contributed by atoms with van der Waals surface area (Å²) in [5.41, 5.74) is 1.02. The maximum Gasteiger partial charge on any atom is 0.268 e. The summed E-state index contributed by atoms with van der Waals surface area (Å²) in [7, 11) is -3.94. The Morgan fingerprint density at radius 1 is 1.33 bits per heavy atom. The standard InChI is InChI=1S/C10H14O4S/c1-2-9-5-3-4-6-10(9)14-7-8-15(11,12)13/h3-6H,2,7-8H2,1H3,(H,11,12,13). The molecule has 0 aliphatic rings. The average Bonchev–Trinajstić information content (AvgIpc) is 2.16. The lowest BCUT2D eigenvalue weighted by atomic mass is 10.1. The molecule has 0 atom stereocenters. The van der Waals surface area contributed by atoms with E-state index in [1.54, 1.807) is 6.07 Å². The average molecular weight is 230 g/mol. The highest BCUT2D eigenvalue weighted by molar-refractivity contribution is 7.85. The van der Waals surface area contributed by atoms with Crippen LogP contribution in [0.3, 0.4) is 0 Å². The van der Waals surface area contributed by atoms with E-state index in [9.17, 15) is 8.42 Å². The first-order valence-electron chi connectivity index (χ1n) is 4.69. The number of hydrogen-bond donors (Lipinski definition) is 1. The molecule has 0 radical (unpaired) electrons. The van der Waals surface area contributed by atoms with Crippen LogP contribution in [0.25, 0.3) is 0 Å². The molecule has 0 saturated carbocycles. The Balaban J connectivity index is 2.58. The Hall–Kier alpha value is -1.07. The third kappa shape index (κ3) is 4.31. The van der Waals surface area contributed by atoms with Crippen LogP contribution in [0.2, 0.25) is 0 Å². The normalized spacial score (nSPS) is 11.3. The van der Waals surface area contributed by atoms with Gasteiger partial charge in [0.1, 0.15) is 18.1 Å². The molecule has 0 saturated heterocycles. The van der Waals surface area contributed by atoms with E-state index in [0.717, 1.165) is 12.0 Å². The predicted octanol–water partition coefficient (Wildman–Crippen LogP) is 1.52. The first-order chi connectivity index (χ1) is 7.03.